The van der Waals surface area contributed by atoms with Crippen molar-refractivity contribution in [1.82, 2.24) is 15.2 Å². The number of benzene rings is 2. The molecule has 0 aliphatic rings. The molecule has 0 aliphatic carbocycles. The number of aromatic amines is 1. The lowest BCUT2D eigenvalue weighted by Gasteiger charge is -2.04. The molecule has 0 saturated carbocycles. The summed E-state index contributed by atoms with van der Waals surface area (Å²) in [6.07, 6.45) is 2.68. The van der Waals surface area contributed by atoms with Gasteiger partial charge < -0.3 is 4.74 Å². The number of halogens is 1. The first-order chi connectivity index (χ1) is 11.3. The number of hydrogen-bond donors (Lipinski definition) is 1. The van der Waals surface area contributed by atoms with Crippen molar-refractivity contribution in [1.29, 1.82) is 0 Å². The van der Waals surface area contributed by atoms with Crippen LogP contribution in [0.5, 0.6) is 5.75 Å². The van der Waals surface area contributed by atoms with Crippen LogP contribution < -0.4 is 4.74 Å². The van der Waals surface area contributed by atoms with Crippen LogP contribution >= 0.6 is 12.4 Å². The fourth-order valence-corrected chi connectivity index (χ4v) is 2.45. The summed E-state index contributed by atoms with van der Waals surface area (Å²) in [5, 5.41) is 7.39. The van der Waals surface area contributed by atoms with Gasteiger partial charge in [0, 0.05) is 11.1 Å². The van der Waals surface area contributed by atoms with E-state index < -0.39 is 0 Å². The van der Waals surface area contributed by atoms with Crippen molar-refractivity contribution >= 4 is 12.4 Å². The van der Waals surface area contributed by atoms with Gasteiger partial charge in [0.25, 0.3) is 0 Å². The first-order valence-corrected chi connectivity index (χ1v) is 7.66. The van der Waals surface area contributed by atoms with E-state index in [0.717, 1.165) is 29.1 Å². The SMILES string of the molecule is C=CCOc1cccc(-c2n[nH]c(-c3ccccc3CC)n2)c1.Cl. The van der Waals surface area contributed by atoms with Crippen LogP contribution in [0, 0.1) is 0 Å². The molecule has 3 rings (SSSR count). The number of ether oxygens (including phenoxy) is 1. The predicted octanol–water partition coefficient (Wildman–Crippen LogP) is 4.69. The van der Waals surface area contributed by atoms with Gasteiger partial charge in [0.1, 0.15) is 12.4 Å². The zero-order chi connectivity index (χ0) is 16.1. The van der Waals surface area contributed by atoms with Crippen molar-refractivity contribution in [2.45, 2.75) is 13.3 Å². The second kappa shape index (κ2) is 8.31. The van der Waals surface area contributed by atoms with Crippen LogP contribution in [0.1, 0.15) is 12.5 Å². The summed E-state index contributed by atoms with van der Waals surface area (Å²) in [4.78, 5) is 4.64. The second-order valence-electron chi connectivity index (χ2n) is 5.15. The van der Waals surface area contributed by atoms with Crippen LogP contribution in [0.4, 0.5) is 0 Å². The van der Waals surface area contributed by atoms with Crippen LogP contribution in [-0.4, -0.2) is 21.8 Å². The topological polar surface area (TPSA) is 50.8 Å². The van der Waals surface area contributed by atoms with Gasteiger partial charge in [-0.1, -0.05) is 56.0 Å². The highest BCUT2D eigenvalue weighted by molar-refractivity contribution is 5.85. The lowest BCUT2D eigenvalue weighted by molar-refractivity contribution is 0.363. The fraction of sp³-hybridized carbons (Fsp3) is 0.158. The number of aromatic nitrogens is 3. The Balaban J connectivity index is 0.00000208. The maximum Gasteiger partial charge on any atom is 0.181 e. The van der Waals surface area contributed by atoms with E-state index in [4.69, 9.17) is 4.74 Å². The predicted molar refractivity (Wildman–Crippen MR) is 99.6 cm³/mol. The average molecular weight is 342 g/mol. The minimum Gasteiger partial charge on any atom is -0.490 e. The van der Waals surface area contributed by atoms with E-state index in [0.29, 0.717) is 12.4 Å². The van der Waals surface area contributed by atoms with Gasteiger partial charge >= 0.3 is 0 Å². The Morgan fingerprint density at radius 1 is 1.17 bits per heavy atom. The molecule has 3 aromatic rings. The van der Waals surface area contributed by atoms with Crippen LogP contribution in [0.3, 0.4) is 0 Å². The van der Waals surface area contributed by atoms with Crippen molar-refractivity contribution in [3.8, 4) is 28.5 Å². The van der Waals surface area contributed by atoms with Crippen molar-refractivity contribution < 1.29 is 4.74 Å². The Morgan fingerprint density at radius 3 is 2.79 bits per heavy atom. The highest BCUT2D eigenvalue weighted by Crippen LogP contribution is 2.25. The summed E-state index contributed by atoms with van der Waals surface area (Å²) in [6, 6.07) is 16.0. The van der Waals surface area contributed by atoms with Crippen molar-refractivity contribution in [2.75, 3.05) is 6.61 Å². The molecular formula is C19H20ClN3O. The standard InChI is InChI=1S/C19H19N3O.ClH/c1-3-12-23-16-10-7-9-15(13-16)18-20-19(22-21-18)17-11-6-5-8-14(17)4-2;/h3,5-11,13H,1,4,12H2,2H3,(H,20,21,22);1H. The zero-order valence-electron chi connectivity index (χ0n) is 13.5. The van der Waals surface area contributed by atoms with Crippen LogP contribution in [0.2, 0.25) is 0 Å². The van der Waals surface area contributed by atoms with E-state index in [9.17, 15) is 0 Å². The highest BCUT2D eigenvalue weighted by Gasteiger charge is 2.10. The third-order valence-corrected chi connectivity index (χ3v) is 3.60. The number of nitrogens with one attached hydrogen (secondary N) is 1. The van der Waals surface area contributed by atoms with Crippen LogP contribution in [0.25, 0.3) is 22.8 Å². The number of rotatable bonds is 6. The molecule has 4 nitrogen and oxygen atoms in total. The Labute approximate surface area is 148 Å². The number of hydrogen-bond acceptors (Lipinski definition) is 3. The molecule has 0 saturated heterocycles. The third kappa shape index (κ3) is 3.84. The van der Waals surface area contributed by atoms with Gasteiger partial charge in [-0.2, -0.15) is 5.10 Å². The van der Waals surface area contributed by atoms with E-state index in [1.54, 1.807) is 6.08 Å². The molecular weight excluding hydrogens is 322 g/mol. The summed E-state index contributed by atoms with van der Waals surface area (Å²) in [7, 11) is 0. The molecule has 1 aromatic heterocycles. The summed E-state index contributed by atoms with van der Waals surface area (Å²) in [5.74, 6) is 2.23. The van der Waals surface area contributed by atoms with Crippen molar-refractivity contribution in [3.05, 3.63) is 66.7 Å². The maximum absolute atomic E-state index is 5.56. The summed E-state index contributed by atoms with van der Waals surface area (Å²) < 4.78 is 5.56. The Morgan fingerprint density at radius 2 is 2.00 bits per heavy atom. The Kier molecular flexibility index (Phi) is 6.15. The van der Waals surface area contributed by atoms with E-state index >= 15 is 0 Å². The molecule has 5 heteroatoms. The first-order valence-electron chi connectivity index (χ1n) is 7.66. The molecule has 0 fully saturated rings. The minimum atomic E-state index is 0. The van der Waals surface area contributed by atoms with Gasteiger partial charge in [0.15, 0.2) is 11.6 Å². The highest BCUT2D eigenvalue weighted by atomic mass is 35.5. The molecule has 0 aliphatic heterocycles. The molecule has 0 bridgehead atoms. The van der Waals surface area contributed by atoms with E-state index in [-0.39, 0.29) is 12.4 Å². The zero-order valence-corrected chi connectivity index (χ0v) is 14.3. The smallest absolute Gasteiger partial charge is 0.181 e. The van der Waals surface area contributed by atoms with E-state index in [2.05, 4.69) is 40.8 Å². The van der Waals surface area contributed by atoms with E-state index in [1.807, 2.05) is 36.4 Å². The fourth-order valence-electron chi connectivity index (χ4n) is 2.45. The quantitative estimate of drug-likeness (QED) is 0.662. The molecule has 0 spiro atoms. The molecule has 0 amide bonds. The monoisotopic (exact) mass is 341 g/mol. The van der Waals surface area contributed by atoms with Crippen LogP contribution in [0.15, 0.2) is 61.2 Å². The van der Waals surface area contributed by atoms with Gasteiger partial charge in [0.2, 0.25) is 0 Å². The minimum absolute atomic E-state index is 0. The van der Waals surface area contributed by atoms with Gasteiger partial charge in [-0.15, -0.1) is 12.4 Å². The number of H-pyrrole nitrogens is 1. The summed E-state index contributed by atoms with van der Waals surface area (Å²) in [6.45, 7) is 6.27. The molecule has 24 heavy (non-hydrogen) atoms. The first kappa shape index (κ1) is 17.8. The Hall–Kier alpha value is -2.59. The van der Waals surface area contributed by atoms with Crippen molar-refractivity contribution in [2.24, 2.45) is 0 Å². The molecule has 0 radical (unpaired) electrons. The average Bonchev–Trinajstić information content (AvgIpc) is 3.10. The lowest BCUT2D eigenvalue weighted by atomic mass is 10.1. The third-order valence-electron chi connectivity index (χ3n) is 3.60. The summed E-state index contributed by atoms with van der Waals surface area (Å²) in [5.41, 5.74) is 3.26. The van der Waals surface area contributed by atoms with E-state index in [1.165, 1.54) is 5.56 Å². The normalized spacial score (nSPS) is 10.0. The maximum atomic E-state index is 5.56. The van der Waals surface area contributed by atoms with Gasteiger partial charge in [0.05, 0.1) is 0 Å². The van der Waals surface area contributed by atoms with Crippen molar-refractivity contribution in [3.63, 3.8) is 0 Å². The van der Waals surface area contributed by atoms with Gasteiger partial charge in [-0.3, -0.25) is 5.10 Å². The molecule has 0 unspecified atom stereocenters. The molecule has 1 N–H and O–H groups in total. The van der Waals surface area contributed by atoms with Crippen LogP contribution in [-0.2, 0) is 6.42 Å². The molecule has 0 atom stereocenters. The van der Waals surface area contributed by atoms with Gasteiger partial charge in [-0.25, -0.2) is 4.98 Å². The lowest BCUT2D eigenvalue weighted by Crippen LogP contribution is -1.93. The summed E-state index contributed by atoms with van der Waals surface area (Å²) >= 11 is 0. The second-order valence-corrected chi connectivity index (χ2v) is 5.15. The van der Waals surface area contributed by atoms with Gasteiger partial charge in [-0.05, 0) is 24.1 Å². The number of nitrogens with zero attached hydrogens (tertiary/aromatic N) is 2. The molecule has 2 aromatic carbocycles. The molecule has 124 valence electrons. The Bertz CT molecular complexity index is 814. The number of aryl methyl sites for hydroxylation is 1. The molecule has 1 heterocycles. The largest absolute Gasteiger partial charge is 0.490 e.